The number of hydrogen-bond acceptors (Lipinski definition) is 5. The molecule has 0 aliphatic rings. The highest BCUT2D eigenvalue weighted by atomic mass is 32.1. The summed E-state index contributed by atoms with van der Waals surface area (Å²) in [6, 6.07) is 1.86. The van der Waals surface area contributed by atoms with Gasteiger partial charge in [0.2, 0.25) is 5.88 Å². The minimum Gasteiger partial charge on any atom is -0.477 e. The molecule has 0 saturated carbocycles. The molecule has 0 aliphatic carbocycles. The van der Waals surface area contributed by atoms with Gasteiger partial charge in [-0.05, 0) is 19.4 Å². The van der Waals surface area contributed by atoms with Crippen molar-refractivity contribution in [2.24, 2.45) is 0 Å². The van der Waals surface area contributed by atoms with Crippen molar-refractivity contribution >= 4 is 17.0 Å². The quantitative estimate of drug-likeness (QED) is 0.903. The predicted octanol–water partition coefficient (Wildman–Crippen LogP) is 2.36. The van der Waals surface area contributed by atoms with E-state index in [-0.39, 0.29) is 0 Å². The molecule has 4 nitrogen and oxygen atoms in total. The summed E-state index contributed by atoms with van der Waals surface area (Å²) in [7, 11) is 0. The highest BCUT2D eigenvalue weighted by molar-refractivity contribution is 7.09. The van der Waals surface area contributed by atoms with Gasteiger partial charge in [0.05, 0.1) is 29.7 Å². The number of nitrogen functional groups attached to an aromatic ring is 1. The van der Waals surface area contributed by atoms with Crippen LogP contribution in [0.15, 0.2) is 17.8 Å². The first-order chi connectivity index (χ1) is 8.16. The number of hydrogen-bond donors (Lipinski definition) is 1. The van der Waals surface area contributed by atoms with E-state index in [4.69, 9.17) is 10.5 Å². The van der Waals surface area contributed by atoms with Gasteiger partial charge in [0.25, 0.3) is 0 Å². The first-order valence-corrected chi connectivity index (χ1v) is 6.28. The molecule has 5 heteroatoms. The van der Waals surface area contributed by atoms with Crippen molar-refractivity contribution < 1.29 is 4.74 Å². The molecule has 2 heterocycles. The molecule has 0 atom stereocenters. The lowest BCUT2D eigenvalue weighted by Crippen LogP contribution is -2.03. The number of thiazole rings is 1. The number of ether oxygens (including phenoxy) is 1. The summed E-state index contributed by atoms with van der Waals surface area (Å²) in [5.74, 6) is 0.624. The Kier molecular flexibility index (Phi) is 3.58. The summed E-state index contributed by atoms with van der Waals surface area (Å²) in [4.78, 5) is 9.58. The molecule has 0 bridgehead atoms. The number of nitrogens with zero attached hydrogens (tertiary/aromatic N) is 2. The molecule has 0 amide bonds. The summed E-state index contributed by atoms with van der Waals surface area (Å²) < 4.78 is 5.58. The molecule has 0 unspecified atom stereocenters. The van der Waals surface area contributed by atoms with Crippen molar-refractivity contribution in [1.82, 2.24) is 9.97 Å². The molecule has 2 aromatic heterocycles. The lowest BCUT2D eigenvalue weighted by atomic mass is 10.2. The van der Waals surface area contributed by atoms with E-state index >= 15 is 0 Å². The van der Waals surface area contributed by atoms with Crippen LogP contribution in [0, 0.1) is 13.8 Å². The van der Waals surface area contributed by atoms with Gasteiger partial charge in [0.1, 0.15) is 0 Å². The van der Waals surface area contributed by atoms with E-state index in [9.17, 15) is 0 Å². The van der Waals surface area contributed by atoms with Gasteiger partial charge in [-0.25, -0.2) is 9.97 Å². The molecule has 0 spiro atoms. The second-order valence-electron chi connectivity index (χ2n) is 3.84. The van der Waals surface area contributed by atoms with Crippen LogP contribution in [0.1, 0.15) is 16.1 Å². The number of aromatic nitrogens is 2. The van der Waals surface area contributed by atoms with E-state index in [1.807, 2.05) is 25.4 Å². The largest absolute Gasteiger partial charge is 0.477 e. The molecule has 0 aromatic carbocycles. The normalized spacial score (nSPS) is 10.5. The molecule has 2 N–H and O–H groups in total. The number of aryl methyl sites for hydroxylation is 2. The maximum atomic E-state index is 5.69. The fourth-order valence-electron chi connectivity index (χ4n) is 1.43. The number of pyridine rings is 1. The van der Waals surface area contributed by atoms with E-state index in [1.165, 1.54) is 4.88 Å². The maximum absolute atomic E-state index is 5.69. The lowest BCUT2D eigenvalue weighted by molar-refractivity contribution is 0.310. The molecular weight excluding hydrogens is 234 g/mol. The third-order valence-electron chi connectivity index (χ3n) is 2.55. The Morgan fingerprint density at radius 3 is 2.82 bits per heavy atom. The Morgan fingerprint density at radius 1 is 1.35 bits per heavy atom. The zero-order chi connectivity index (χ0) is 12.3. The van der Waals surface area contributed by atoms with E-state index in [2.05, 4.69) is 9.97 Å². The molecule has 0 fully saturated rings. The predicted molar refractivity (Wildman–Crippen MR) is 69.4 cm³/mol. The topological polar surface area (TPSA) is 61.0 Å². The number of anilines is 1. The first-order valence-electron chi connectivity index (χ1n) is 5.40. The van der Waals surface area contributed by atoms with E-state index in [0.717, 1.165) is 17.7 Å². The fourth-order valence-corrected chi connectivity index (χ4v) is 2.20. The summed E-state index contributed by atoms with van der Waals surface area (Å²) in [6.07, 6.45) is 2.49. The second kappa shape index (κ2) is 5.14. The minimum absolute atomic E-state index is 0.611. The smallest absolute Gasteiger partial charge is 0.213 e. The van der Waals surface area contributed by atoms with Gasteiger partial charge in [0, 0.05) is 17.4 Å². The van der Waals surface area contributed by atoms with Crippen LogP contribution in [0.3, 0.4) is 0 Å². The Hall–Kier alpha value is -1.62. The molecule has 0 aliphatic heterocycles. The van der Waals surface area contributed by atoms with Crippen LogP contribution in [-0.4, -0.2) is 16.6 Å². The van der Waals surface area contributed by atoms with Crippen molar-refractivity contribution in [1.29, 1.82) is 0 Å². The lowest BCUT2D eigenvalue weighted by Gasteiger charge is -2.06. The second-order valence-corrected chi connectivity index (χ2v) is 4.78. The van der Waals surface area contributed by atoms with Gasteiger partial charge < -0.3 is 10.5 Å². The van der Waals surface area contributed by atoms with Crippen molar-refractivity contribution in [2.45, 2.75) is 20.3 Å². The zero-order valence-corrected chi connectivity index (χ0v) is 10.8. The fraction of sp³-hybridized carbons (Fsp3) is 0.333. The SMILES string of the molecule is Cc1cc(OCCc2scnc2C)ncc1N. The summed E-state index contributed by atoms with van der Waals surface area (Å²) in [5, 5.41) is 0. The Morgan fingerprint density at radius 2 is 2.18 bits per heavy atom. The third-order valence-corrected chi connectivity index (χ3v) is 3.54. The third kappa shape index (κ3) is 2.94. The average molecular weight is 249 g/mol. The molecule has 0 saturated heterocycles. The Balaban J connectivity index is 1.90. The molecule has 90 valence electrons. The Labute approximate surface area is 104 Å². The molecular formula is C12H15N3OS. The van der Waals surface area contributed by atoms with Gasteiger partial charge in [-0.1, -0.05) is 0 Å². The van der Waals surface area contributed by atoms with Crippen molar-refractivity contribution in [2.75, 3.05) is 12.3 Å². The standard InChI is InChI=1S/C12H15N3OS/c1-8-5-12(14-6-10(8)13)16-4-3-11-9(2)15-7-17-11/h5-7H,3-4,13H2,1-2H3. The van der Waals surface area contributed by atoms with Crippen molar-refractivity contribution in [3.63, 3.8) is 0 Å². The zero-order valence-electron chi connectivity index (χ0n) is 9.93. The van der Waals surface area contributed by atoms with Crippen LogP contribution < -0.4 is 10.5 Å². The highest BCUT2D eigenvalue weighted by Gasteiger charge is 2.03. The van der Waals surface area contributed by atoms with E-state index in [1.54, 1.807) is 17.5 Å². The molecule has 17 heavy (non-hydrogen) atoms. The summed E-state index contributed by atoms with van der Waals surface area (Å²) in [6.45, 7) is 4.56. The van der Waals surface area contributed by atoms with Crippen molar-refractivity contribution in [3.05, 3.63) is 33.9 Å². The average Bonchev–Trinajstić information content (AvgIpc) is 2.70. The van der Waals surface area contributed by atoms with Gasteiger partial charge in [-0.3, -0.25) is 0 Å². The number of nitrogens with two attached hydrogens (primary N) is 1. The van der Waals surface area contributed by atoms with E-state index in [0.29, 0.717) is 18.2 Å². The molecule has 0 radical (unpaired) electrons. The first kappa shape index (κ1) is 11.9. The van der Waals surface area contributed by atoms with Crippen LogP contribution in [0.25, 0.3) is 0 Å². The van der Waals surface area contributed by atoms with E-state index < -0.39 is 0 Å². The highest BCUT2D eigenvalue weighted by Crippen LogP contribution is 2.16. The minimum atomic E-state index is 0.611. The van der Waals surface area contributed by atoms with Crippen LogP contribution in [0.4, 0.5) is 5.69 Å². The van der Waals surface area contributed by atoms with Gasteiger partial charge in [0.15, 0.2) is 0 Å². The van der Waals surface area contributed by atoms with Crippen LogP contribution in [-0.2, 0) is 6.42 Å². The van der Waals surface area contributed by atoms with Gasteiger partial charge >= 0.3 is 0 Å². The molecule has 2 aromatic rings. The Bertz CT molecular complexity index is 510. The van der Waals surface area contributed by atoms with Gasteiger partial charge in [-0.15, -0.1) is 11.3 Å². The molecule has 2 rings (SSSR count). The van der Waals surface area contributed by atoms with Crippen LogP contribution in [0.5, 0.6) is 5.88 Å². The van der Waals surface area contributed by atoms with Crippen molar-refractivity contribution in [3.8, 4) is 5.88 Å². The maximum Gasteiger partial charge on any atom is 0.213 e. The monoisotopic (exact) mass is 249 g/mol. The summed E-state index contributed by atoms with van der Waals surface area (Å²) in [5.41, 5.74) is 10.3. The van der Waals surface area contributed by atoms with Gasteiger partial charge in [-0.2, -0.15) is 0 Å². The summed E-state index contributed by atoms with van der Waals surface area (Å²) >= 11 is 1.66. The number of rotatable bonds is 4. The van der Waals surface area contributed by atoms with Crippen LogP contribution >= 0.6 is 11.3 Å². The van der Waals surface area contributed by atoms with Crippen LogP contribution in [0.2, 0.25) is 0 Å².